The van der Waals surface area contributed by atoms with Crippen molar-refractivity contribution in [1.29, 1.82) is 0 Å². The Labute approximate surface area is 63.9 Å². The van der Waals surface area contributed by atoms with Gasteiger partial charge in [-0.1, -0.05) is 13.0 Å². The second-order valence-electron chi connectivity index (χ2n) is 2.32. The molecule has 0 aromatic rings. The van der Waals surface area contributed by atoms with Gasteiger partial charge in [0.15, 0.2) is 0 Å². The van der Waals surface area contributed by atoms with Crippen LogP contribution >= 0.6 is 0 Å². The zero-order chi connectivity index (χ0) is 7.82. The molecule has 0 aliphatic rings. The normalized spacial score (nSPS) is 10.7. The van der Waals surface area contributed by atoms with Crippen LogP contribution in [0.4, 0.5) is 0 Å². The number of hydrogen-bond acceptors (Lipinski definition) is 2. The van der Waals surface area contributed by atoms with Crippen LogP contribution in [0.2, 0.25) is 0 Å². The predicted molar refractivity (Wildman–Crippen MR) is 46.0 cm³/mol. The molecule has 60 valence electrons. The smallest absolute Gasteiger partial charge is 0.0294 e. The highest BCUT2D eigenvalue weighted by Crippen LogP contribution is 1.81. The summed E-state index contributed by atoms with van der Waals surface area (Å²) in [6, 6.07) is 0. The van der Waals surface area contributed by atoms with Crippen molar-refractivity contribution in [2.45, 2.75) is 13.8 Å². The average molecular weight is 142 g/mol. The van der Waals surface area contributed by atoms with Crippen LogP contribution in [0.3, 0.4) is 0 Å². The summed E-state index contributed by atoms with van der Waals surface area (Å²) in [5.41, 5.74) is 0. The van der Waals surface area contributed by atoms with Gasteiger partial charge >= 0.3 is 0 Å². The molecule has 0 amide bonds. The standard InChI is InChI=1S/C8H18N2/c1-4-7-10(3)8-6-9-5-2/h4,7,9H,5-6,8H2,1-3H3/b7-4+. The average Bonchev–Trinajstić information content (AvgIpc) is 1.89. The summed E-state index contributed by atoms with van der Waals surface area (Å²) in [5, 5.41) is 3.26. The van der Waals surface area contributed by atoms with Crippen LogP contribution in [0, 0.1) is 0 Å². The highest BCUT2D eigenvalue weighted by Gasteiger charge is 1.87. The molecule has 0 rings (SSSR count). The first-order valence-electron chi connectivity index (χ1n) is 3.85. The number of nitrogens with one attached hydrogen (secondary N) is 1. The lowest BCUT2D eigenvalue weighted by atomic mass is 10.5. The predicted octanol–water partition coefficient (Wildman–Crippen LogP) is 1.06. The lowest BCUT2D eigenvalue weighted by molar-refractivity contribution is 0.444. The van der Waals surface area contributed by atoms with Gasteiger partial charge in [0.1, 0.15) is 0 Å². The molecule has 0 saturated carbocycles. The van der Waals surface area contributed by atoms with E-state index in [0.29, 0.717) is 0 Å². The monoisotopic (exact) mass is 142 g/mol. The van der Waals surface area contributed by atoms with E-state index in [0.717, 1.165) is 19.6 Å². The maximum atomic E-state index is 3.26. The molecule has 2 heteroatoms. The Morgan fingerprint density at radius 2 is 2.20 bits per heavy atom. The van der Waals surface area contributed by atoms with Gasteiger partial charge in [-0.3, -0.25) is 0 Å². The molecule has 0 atom stereocenters. The largest absolute Gasteiger partial charge is 0.379 e. The first-order valence-corrected chi connectivity index (χ1v) is 3.85. The Morgan fingerprint density at radius 1 is 1.50 bits per heavy atom. The van der Waals surface area contributed by atoms with E-state index in [1.165, 1.54) is 0 Å². The minimum absolute atomic E-state index is 1.06. The van der Waals surface area contributed by atoms with Crippen LogP contribution in [-0.2, 0) is 0 Å². The van der Waals surface area contributed by atoms with Crippen LogP contribution in [0.5, 0.6) is 0 Å². The highest BCUT2D eigenvalue weighted by molar-refractivity contribution is 4.75. The van der Waals surface area contributed by atoms with E-state index in [1.54, 1.807) is 0 Å². The quantitative estimate of drug-likeness (QED) is 0.577. The minimum Gasteiger partial charge on any atom is -0.379 e. The fraction of sp³-hybridized carbons (Fsp3) is 0.750. The van der Waals surface area contributed by atoms with Gasteiger partial charge in [-0.25, -0.2) is 0 Å². The molecule has 2 nitrogen and oxygen atoms in total. The zero-order valence-corrected chi connectivity index (χ0v) is 7.22. The third-order valence-electron chi connectivity index (χ3n) is 1.29. The van der Waals surface area contributed by atoms with Crippen molar-refractivity contribution in [2.24, 2.45) is 0 Å². The summed E-state index contributed by atoms with van der Waals surface area (Å²) in [6.45, 7) is 7.36. The van der Waals surface area contributed by atoms with E-state index in [1.807, 2.05) is 13.0 Å². The van der Waals surface area contributed by atoms with Crippen molar-refractivity contribution in [1.82, 2.24) is 10.2 Å². The van der Waals surface area contributed by atoms with Crippen molar-refractivity contribution in [3.05, 3.63) is 12.3 Å². The summed E-state index contributed by atoms with van der Waals surface area (Å²) in [4.78, 5) is 2.17. The van der Waals surface area contributed by atoms with Gasteiger partial charge in [0.25, 0.3) is 0 Å². The first-order chi connectivity index (χ1) is 4.81. The number of allylic oxidation sites excluding steroid dienone is 1. The molecular weight excluding hydrogens is 124 g/mol. The van der Waals surface area contributed by atoms with Gasteiger partial charge in [-0.15, -0.1) is 0 Å². The third-order valence-corrected chi connectivity index (χ3v) is 1.29. The van der Waals surface area contributed by atoms with Crippen LogP contribution in [0.1, 0.15) is 13.8 Å². The Balaban J connectivity index is 3.13. The van der Waals surface area contributed by atoms with Crippen LogP contribution in [0.25, 0.3) is 0 Å². The minimum atomic E-state index is 1.06. The second kappa shape index (κ2) is 6.62. The maximum Gasteiger partial charge on any atom is 0.0294 e. The van der Waals surface area contributed by atoms with E-state index < -0.39 is 0 Å². The van der Waals surface area contributed by atoms with Gasteiger partial charge < -0.3 is 10.2 Å². The van der Waals surface area contributed by atoms with E-state index in [9.17, 15) is 0 Å². The SMILES string of the molecule is C/C=C/N(C)CCNCC. The molecule has 0 heterocycles. The Hall–Kier alpha value is -0.500. The number of nitrogens with zero attached hydrogens (tertiary/aromatic N) is 1. The van der Waals surface area contributed by atoms with E-state index >= 15 is 0 Å². The van der Waals surface area contributed by atoms with E-state index in [4.69, 9.17) is 0 Å². The third kappa shape index (κ3) is 5.63. The molecule has 0 bridgehead atoms. The first kappa shape index (κ1) is 9.50. The van der Waals surface area contributed by atoms with Gasteiger partial charge in [0.2, 0.25) is 0 Å². The molecule has 0 fully saturated rings. The molecule has 0 spiro atoms. The Bertz CT molecular complexity index is 89.3. The van der Waals surface area contributed by atoms with E-state index in [2.05, 4.69) is 30.4 Å². The summed E-state index contributed by atoms with van der Waals surface area (Å²) >= 11 is 0. The number of likely N-dealkylation sites (N-methyl/N-ethyl adjacent to an activating group) is 2. The number of hydrogen-bond donors (Lipinski definition) is 1. The van der Waals surface area contributed by atoms with Crippen LogP contribution in [-0.4, -0.2) is 31.6 Å². The zero-order valence-electron chi connectivity index (χ0n) is 7.22. The van der Waals surface area contributed by atoms with Gasteiger partial charge in [0.05, 0.1) is 0 Å². The maximum absolute atomic E-state index is 3.26. The Kier molecular flexibility index (Phi) is 6.29. The van der Waals surface area contributed by atoms with Crippen LogP contribution < -0.4 is 5.32 Å². The second-order valence-corrected chi connectivity index (χ2v) is 2.32. The van der Waals surface area contributed by atoms with Crippen molar-refractivity contribution in [3.63, 3.8) is 0 Å². The van der Waals surface area contributed by atoms with Crippen molar-refractivity contribution in [3.8, 4) is 0 Å². The van der Waals surface area contributed by atoms with Crippen molar-refractivity contribution >= 4 is 0 Å². The van der Waals surface area contributed by atoms with Crippen molar-refractivity contribution in [2.75, 3.05) is 26.7 Å². The Morgan fingerprint density at radius 3 is 2.70 bits per heavy atom. The van der Waals surface area contributed by atoms with Crippen LogP contribution in [0.15, 0.2) is 12.3 Å². The van der Waals surface area contributed by atoms with Gasteiger partial charge in [-0.2, -0.15) is 0 Å². The fourth-order valence-corrected chi connectivity index (χ4v) is 0.761. The molecule has 0 aromatic carbocycles. The molecule has 10 heavy (non-hydrogen) atoms. The summed E-state index contributed by atoms with van der Waals surface area (Å²) in [7, 11) is 2.08. The highest BCUT2D eigenvalue weighted by atomic mass is 15.1. The fourth-order valence-electron chi connectivity index (χ4n) is 0.761. The molecular formula is C8H18N2. The molecule has 0 unspecified atom stereocenters. The molecule has 1 N–H and O–H groups in total. The topological polar surface area (TPSA) is 15.3 Å². The molecule has 0 aliphatic carbocycles. The lowest BCUT2D eigenvalue weighted by Crippen LogP contribution is -2.25. The van der Waals surface area contributed by atoms with Gasteiger partial charge in [-0.05, 0) is 19.7 Å². The summed E-state index contributed by atoms with van der Waals surface area (Å²) in [5.74, 6) is 0. The summed E-state index contributed by atoms with van der Waals surface area (Å²) < 4.78 is 0. The molecule has 0 aromatic heterocycles. The van der Waals surface area contributed by atoms with E-state index in [-0.39, 0.29) is 0 Å². The lowest BCUT2D eigenvalue weighted by Gasteiger charge is -2.12. The van der Waals surface area contributed by atoms with Gasteiger partial charge in [0, 0.05) is 20.1 Å². The molecule has 0 radical (unpaired) electrons. The number of rotatable bonds is 5. The van der Waals surface area contributed by atoms with Crippen molar-refractivity contribution < 1.29 is 0 Å². The molecule has 0 saturated heterocycles. The summed E-state index contributed by atoms with van der Waals surface area (Å²) in [6.07, 6.45) is 4.13. The molecule has 0 aliphatic heterocycles.